The number of fused-ring (bicyclic) bond motifs is 1. The molecule has 0 aliphatic heterocycles. The number of rotatable bonds is 8. The Labute approximate surface area is 149 Å². The molecule has 3 N–H and O–H groups in total. The number of amides is 1. The molecule has 0 saturated heterocycles. The van der Waals surface area contributed by atoms with Crippen LogP contribution in [-0.4, -0.2) is 41.8 Å². The van der Waals surface area contributed by atoms with Crippen molar-refractivity contribution in [2.24, 2.45) is 0 Å². The van der Waals surface area contributed by atoms with Crippen molar-refractivity contribution < 1.29 is 14.8 Å². The van der Waals surface area contributed by atoms with E-state index in [2.05, 4.69) is 19.2 Å². The molecule has 0 spiro atoms. The summed E-state index contributed by atoms with van der Waals surface area (Å²) >= 11 is 0. The van der Waals surface area contributed by atoms with Crippen molar-refractivity contribution in [3.05, 3.63) is 27.2 Å². The summed E-state index contributed by atoms with van der Waals surface area (Å²) in [6.07, 6.45) is 4.36. The standard InChI is InChI=1S/C19H31N3O3/c1-4-12-22-15-10-8-7-9-14(15)17(23)16(19(22)25)18(24)20-11-13-21(5-2)6-3/h23H,4-13H2,1-3H3,(H,20,24)/p+1. The summed E-state index contributed by atoms with van der Waals surface area (Å²) in [7, 11) is 0. The lowest BCUT2D eigenvalue weighted by Crippen LogP contribution is -3.12. The predicted octanol–water partition coefficient (Wildman–Crippen LogP) is 0.497. The Balaban J connectivity index is 2.29. The molecule has 0 fully saturated rings. The molecule has 6 nitrogen and oxygen atoms in total. The number of pyridine rings is 1. The minimum absolute atomic E-state index is 0.0800. The number of carbonyl (C=O) groups is 1. The van der Waals surface area contributed by atoms with Crippen LogP contribution in [0.1, 0.15) is 61.6 Å². The number of hydrogen-bond acceptors (Lipinski definition) is 3. The van der Waals surface area contributed by atoms with Gasteiger partial charge in [0.15, 0.2) is 0 Å². The van der Waals surface area contributed by atoms with Gasteiger partial charge in [0.2, 0.25) is 0 Å². The van der Waals surface area contributed by atoms with Crippen LogP contribution >= 0.6 is 0 Å². The van der Waals surface area contributed by atoms with Gasteiger partial charge >= 0.3 is 0 Å². The van der Waals surface area contributed by atoms with E-state index in [0.29, 0.717) is 13.1 Å². The third kappa shape index (κ3) is 4.24. The molecular weight excluding hydrogens is 318 g/mol. The summed E-state index contributed by atoms with van der Waals surface area (Å²) < 4.78 is 1.71. The highest BCUT2D eigenvalue weighted by atomic mass is 16.3. The van der Waals surface area contributed by atoms with Crippen molar-refractivity contribution in [3.8, 4) is 5.75 Å². The maximum atomic E-state index is 12.8. The van der Waals surface area contributed by atoms with Crippen molar-refractivity contribution in [3.63, 3.8) is 0 Å². The largest absolute Gasteiger partial charge is 0.507 e. The molecule has 25 heavy (non-hydrogen) atoms. The molecule has 2 rings (SSSR count). The molecule has 1 aromatic heterocycles. The number of carbonyl (C=O) groups excluding carboxylic acids is 1. The molecule has 0 atom stereocenters. The summed E-state index contributed by atoms with van der Waals surface area (Å²) in [5.41, 5.74) is 1.27. The third-order valence-electron chi connectivity index (χ3n) is 5.18. The third-order valence-corrected chi connectivity index (χ3v) is 5.18. The topological polar surface area (TPSA) is 75.8 Å². The minimum Gasteiger partial charge on any atom is -0.507 e. The van der Waals surface area contributed by atoms with Gasteiger partial charge in [-0.2, -0.15) is 0 Å². The van der Waals surface area contributed by atoms with E-state index < -0.39 is 5.91 Å². The van der Waals surface area contributed by atoms with Crippen LogP contribution in [0.25, 0.3) is 0 Å². The van der Waals surface area contributed by atoms with Gasteiger partial charge in [-0.05, 0) is 46.0 Å². The van der Waals surface area contributed by atoms with Crippen molar-refractivity contribution in [1.82, 2.24) is 9.88 Å². The molecule has 1 heterocycles. The van der Waals surface area contributed by atoms with E-state index in [9.17, 15) is 14.7 Å². The quantitative estimate of drug-likeness (QED) is 0.639. The molecule has 0 aromatic carbocycles. The van der Waals surface area contributed by atoms with Gasteiger partial charge in [-0.3, -0.25) is 9.59 Å². The van der Waals surface area contributed by atoms with Crippen LogP contribution in [0, 0.1) is 0 Å². The molecule has 1 aromatic rings. The SMILES string of the molecule is CCCn1c2c(c(O)c(C(=O)NCC[NH+](CC)CC)c1=O)CCCC2. The highest BCUT2D eigenvalue weighted by Gasteiger charge is 2.26. The van der Waals surface area contributed by atoms with Gasteiger partial charge in [-0.15, -0.1) is 0 Å². The summed E-state index contributed by atoms with van der Waals surface area (Å²) in [5.74, 6) is -0.549. The summed E-state index contributed by atoms with van der Waals surface area (Å²) in [6, 6.07) is 0. The average Bonchev–Trinajstić information content (AvgIpc) is 2.62. The van der Waals surface area contributed by atoms with Crippen LogP contribution in [0.5, 0.6) is 5.75 Å². The van der Waals surface area contributed by atoms with Gasteiger partial charge in [0.05, 0.1) is 26.2 Å². The Hall–Kier alpha value is -1.82. The molecular formula is C19H32N3O3+. The van der Waals surface area contributed by atoms with Crippen LogP contribution in [-0.2, 0) is 19.4 Å². The Kier molecular flexibility index (Phi) is 7.05. The normalized spacial score (nSPS) is 13.8. The van der Waals surface area contributed by atoms with Gasteiger partial charge in [0.25, 0.3) is 11.5 Å². The fourth-order valence-corrected chi connectivity index (χ4v) is 3.66. The molecule has 1 amide bonds. The van der Waals surface area contributed by atoms with Crippen molar-refractivity contribution in [2.75, 3.05) is 26.2 Å². The number of likely N-dealkylation sites (N-methyl/N-ethyl adjacent to an activating group) is 1. The van der Waals surface area contributed by atoms with Crippen LogP contribution in [0.3, 0.4) is 0 Å². The van der Waals surface area contributed by atoms with E-state index in [1.807, 2.05) is 6.92 Å². The number of quaternary nitrogens is 1. The molecule has 140 valence electrons. The van der Waals surface area contributed by atoms with Crippen LogP contribution in [0.4, 0.5) is 0 Å². The van der Waals surface area contributed by atoms with Gasteiger partial charge in [-0.25, -0.2) is 0 Å². The molecule has 0 bridgehead atoms. The van der Waals surface area contributed by atoms with Crippen LogP contribution < -0.4 is 15.8 Å². The predicted molar refractivity (Wildman–Crippen MR) is 98.5 cm³/mol. The Bertz CT molecular complexity index is 663. The zero-order valence-electron chi connectivity index (χ0n) is 15.8. The average molecular weight is 350 g/mol. The van der Waals surface area contributed by atoms with Gasteiger partial charge in [0.1, 0.15) is 11.3 Å². The summed E-state index contributed by atoms with van der Waals surface area (Å²) in [6.45, 7) is 10.1. The highest BCUT2D eigenvalue weighted by Crippen LogP contribution is 2.30. The van der Waals surface area contributed by atoms with E-state index in [0.717, 1.165) is 63.0 Å². The number of aromatic nitrogens is 1. The van der Waals surface area contributed by atoms with Crippen LogP contribution in [0.2, 0.25) is 0 Å². The summed E-state index contributed by atoms with van der Waals surface area (Å²) in [5, 5.41) is 13.4. The van der Waals surface area contributed by atoms with Crippen molar-refractivity contribution >= 4 is 5.91 Å². The molecule has 0 saturated carbocycles. The first-order valence-corrected chi connectivity index (χ1v) is 9.64. The van der Waals surface area contributed by atoms with Crippen LogP contribution in [0.15, 0.2) is 4.79 Å². The zero-order chi connectivity index (χ0) is 18.4. The second kappa shape index (κ2) is 9.04. The Morgan fingerprint density at radius 1 is 1.20 bits per heavy atom. The lowest BCUT2D eigenvalue weighted by molar-refractivity contribution is -0.895. The molecule has 0 unspecified atom stereocenters. The molecule has 1 aliphatic carbocycles. The first kappa shape index (κ1) is 19.5. The van der Waals surface area contributed by atoms with Gasteiger partial charge in [-0.1, -0.05) is 6.92 Å². The van der Waals surface area contributed by atoms with Gasteiger partial charge in [0, 0.05) is 17.8 Å². The molecule has 0 radical (unpaired) electrons. The smallest absolute Gasteiger partial charge is 0.267 e. The summed E-state index contributed by atoms with van der Waals surface area (Å²) in [4.78, 5) is 26.8. The minimum atomic E-state index is -0.452. The first-order chi connectivity index (χ1) is 12.0. The lowest BCUT2D eigenvalue weighted by atomic mass is 9.93. The lowest BCUT2D eigenvalue weighted by Gasteiger charge is -2.23. The highest BCUT2D eigenvalue weighted by molar-refractivity contribution is 5.97. The maximum absolute atomic E-state index is 12.8. The fraction of sp³-hybridized carbons (Fsp3) is 0.684. The number of aromatic hydroxyl groups is 1. The van der Waals surface area contributed by atoms with E-state index in [-0.39, 0.29) is 16.9 Å². The number of hydrogen-bond donors (Lipinski definition) is 3. The number of nitrogens with zero attached hydrogens (tertiary/aromatic N) is 1. The van der Waals surface area contributed by atoms with Gasteiger partial charge < -0.3 is 19.9 Å². The van der Waals surface area contributed by atoms with Crippen molar-refractivity contribution in [1.29, 1.82) is 0 Å². The first-order valence-electron chi connectivity index (χ1n) is 9.64. The van der Waals surface area contributed by atoms with E-state index >= 15 is 0 Å². The number of nitrogens with one attached hydrogen (secondary N) is 2. The second-order valence-electron chi connectivity index (χ2n) is 6.78. The maximum Gasteiger partial charge on any atom is 0.267 e. The monoisotopic (exact) mass is 350 g/mol. The molecule has 6 heteroatoms. The van der Waals surface area contributed by atoms with Crippen molar-refractivity contribution in [2.45, 2.75) is 59.4 Å². The van der Waals surface area contributed by atoms with E-state index in [4.69, 9.17) is 0 Å². The Morgan fingerprint density at radius 2 is 1.88 bits per heavy atom. The fourth-order valence-electron chi connectivity index (χ4n) is 3.66. The Morgan fingerprint density at radius 3 is 2.52 bits per heavy atom. The zero-order valence-corrected chi connectivity index (χ0v) is 15.8. The molecule has 1 aliphatic rings. The van der Waals surface area contributed by atoms with E-state index in [1.54, 1.807) is 4.57 Å². The second-order valence-corrected chi connectivity index (χ2v) is 6.78. The van der Waals surface area contributed by atoms with E-state index in [1.165, 1.54) is 4.90 Å².